The molecule has 0 bridgehead atoms. The third kappa shape index (κ3) is 4.42. The second-order valence-corrected chi connectivity index (χ2v) is 14.6. The molecular formula is C23H34N4O3Si. The van der Waals surface area contributed by atoms with Crippen molar-refractivity contribution in [2.45, 2.75) is 70.9 Å². The first-order valence-electron chi connectivity index (χ1n) is 11.2. The lowest BCUT2D eigenvalue weighted by Crippen LogP contribution is -2.43. The monoisotopic (exact) mass is 442 g/mol. The molecule has 1 fully saturated rings. The van der Waals surface area contributed by atoms with Crippen LogP contribution in [0.15, 0.2) is 30.5 Å². The molecule has 2 aromatic heterocycles. The van der Waals surface area contributed by atoms with Crippen LogP contribution in [0.1, 0.15) is 46.3 Å². The summed E-state index contributed by atoms with van der Waals surface area (Å²) in [5.74, 6) is 0.874. The molecule has 0 aliphatic carbocycles. The molecule has 0 saturated carbocycles. The van der Waals surface area contributed by atoms with E-state index in [0.29, 0.717) is 6.54 Å². The van der Waals surface area contributed by atoms with Gasteiger partial charge in [0.05, 0.1) is 18.7 Å². The van der Waals surface area contributed by atoms with E-state index in [1.54, 1.807) is 4.68 Å². The number of nitrogens with zero attached hydrogens (tertiary/aromatic N) is 4. The van der Waals surface area contributed by atoms with Crippen LogP contribution in [0.3, 0.4) is 0 Å². The van der Waals surface area contributed by atoms with Crippen LogP contribution in [0, 0.1) is 0 Å². The zero-order valence-corrected chi connectivity index (χ0v) is 20.3. The third-order valence-corrected chi connectivity index (χ3v) is 10.9. The molecule has 1 atom stereocenters. The molecule has 3 heterocycles. The average Bonchev–Trinajstić information content (AvgIpc) is 3.32. The van der Waals surface area contributed by atoms with Gasteiger partial charge in [-0.15, -0.1) is 0 Å². The smallest absolute Gasteiger partial charge is 0.250 e. The van der Waals surface area contributed by atoms with E-state index in [-0.39, 0.29) is 17.9 Å². The maximum atomic E-state index is 9.25. The number of rotatable bonds is 6. The van der Waals surface area contributed by atoms with Gasteiger partial charge in [0, 0.05) is 18.2 Å². The molecule has 1 unspecified atom stereocenters. The molecule has 1 aliphatic rings. The summed E-state index contributed by atoms with van der Waals surface area (Å²) in [5.41, 5.74) is 2.64. The van der Waals surface area contributed by atoms with Gasteiger partial charge in [-0.3, -0.25) is 4.68 Å². The van der Waals surface area contributed by atoms with E-state index in [1.165, 1.54) is 0 Å². The predicted molar refractivity (Wildman–Crippen MR) is 125 cm³/mol. The number of aliphatic hydroxyl groups is 1. The molecule has 168 valence electrons. The third-order valence-electron chi connectivity index (χ3n) is 6.50. The van der Waals surface area contributed by atoms with E-state index in [0.717, 1.165) is 53.9 Å². The lowest BCUT2D eigenvalue weighted by Gasteiger charge is -2.36. The number of ether oxygens (including phenoxy) is 1. The largest absolute Gasteiger partial charge is 0.543 e. The lowest BCUT2D eigenvalue weighted by molar-refractivity contribution is -0.0365. The zero-order chi connectivity index (χ0) is 22.2. The van der Waals surface area contributed by atoms with E-state index in [1.807, 2.05) is 16.9 Å². The summed E-state index contributed by atoms with van der Waals surface area (Å²) in [6.07, 6.45) is 5.01. The van der Waals surface area contributed by atoms with Crippen molar-refractivity contribution in [3.8, 4) is 17.1 Å². The van der Waals surface area contributed by atoms with Gasteiger partial charge in [-0.25, -0.2) is 4.68 Å². The minimum Gasteiger partial charge on any atom is -0.543 e. The van der Waals surface area contributed by atoms with Crippen molar-refractivity contribution in [3.63, 3.8) is 0 Å². The van der Waals surface area contributed by atoms with Gasteiger partial charge in [0.15, 0.2) is 6.23 Å². The zero-order valence-electron chi connectivity index (χ0n) is 19.3. The molecule has 1 saturated heterocycles. The molecule has 1 N–H and O–H groups in total. The quantitative estimate of drug-likeness (QED) is 0.545. The minimum absolute atomic E-state index is 0.0523. The summed E-state index contributed by atoms with van der Waals surface area (Å²) in [6.45, 7) is 12.5. The Kier molecular flexibility index (Phi) is 5.98. The van der Waals surface area contributed by atoms with Gasteiger partial charge in [0.25, 0.3) is 0 Å². The fourth-order valence-corrected chi connectivity index (χ4v) is 4.69. The second kappa shape index (κ2) is 8.41. The van der Waals surface area contributed by atoms with Gasteiger partial charge in [-0.2, -0.15) is 10.2 Å². The Labute approximate surface area is 185 Å². The Morgan fingerprint density at radius 3 is 2.68 bits per heavy atom. The molecular weight excluding hydrogens is 408 g/mol. The van der Waals surface area contributed by atoms with Crippen LogP contribution < -0.4 is 4.43 Å². The van der Waals surface area contributed by atoms with E-state index in [9.17, 15) is 5.11 Å². The Morgan fingerprint density at radius 2 is 2.00 bits per heavy atom. The highest BCUT2D eigenvalue weighted by molar-refractivity contribution is 6.74. The molecule has 1 aromatic carbocycles. The Bertz CT molecular complexity index is 1040. The van der Waals surface area contributed by atoms with Gasteiger partial charge in [0.1, 0.15) is 17.1 Å². The van der Waals surface area contributed by atoms with Gasteiger partial charge in [-0.1, -0.05) is 20.8 Å². The fraction of sp³-hybridized carbons (Fsp3) is 0.565. The Hall–Kier alpha value is -2.16. The maximum Gasteiger partial charge on any atom is 0.250 e. The highest BCUT2D eigenvalue weighted by Gasteiger charge is 2.39. The molecule has 0 amide bonds. The highest BCUT2D eigenvalue weighted by atomic mass is 28.4. The Balaban J connectivity index is 1.79. The molecule has 8 heteroatoms. The first-order chi connectivity index (χ1) is 14.7. The standard InChI is InChI=1S/C23H34N4O3Si/c1-23(2,3)31(4,5)30-17-9-10-20-18(16-17)22(19-11-12-26(24-19)13-14-28)25-27(20)21-8-6-7-15-29-21/h9-12,16,21,28H,6-8,13-15H2,1-5H3. The minimum atomic E-state index is -1.96. The van der Waals surface area contributed by atoms with Gasteiger partial charge in [0.2, 0.25) is 8.32 Å². The second-order valence-electron chi connectivity index (χ2n) is 9.84. The number of aromatic nitrogens is 4. The van der Waals surface area contributed by atoms with Crippen molar-refractivity contribution in [3.05, 3.63) is 30.5 Å². The SMILES string of the molecule is CC(C)(C)[Si](C)(C)Oc1ccc2c(c1)c(-c1ccn(CCO)n1)nn2C1CCCCO1. The van der Waals surface area contributed by atoms with E-state index >= 15 is 0 Å². The molecule has 0 radical (unpaired) electrons. The van der Waals surface area contributed by atoms with Gasteiger partial charge >= 0.3 is 0 Å². The number of benzene rings is 1. The molecule has 4 rings (SSSR count). The topological polar surface area (TPSA) is 74.3 Å². The van der Waals surface area contributed by atoms with Crippen LogP contribution in [0.4, 0.5) is 0 Å². The first-order valence-corrected chi connectivity index (χ1v) is 14.1. The average molecular weight is 443 g/mol. The van der Waals surface area contributed by atoms with E-state index in [2.05, 4.69) is 57.2 Å². The lowest BCUT2D eigenvalue weighted by atomic mass is 10.1. The van der Waals surface area contributed by atoms with Crippen molar-refractivity contribution >= 4 is 19.2 Å². The van der Waals surface area contributed by atoms with Crippen LogP contribution in [0.25, 0.3) is 22.3 Å². The van der Waals surface area contributed by atoms with Crippen LogP contribution >= 0.6 is 0 Å². The molecule has 7 nitrogen and oxygen atoms in total. The molecule has 31 heavy (non-hydrogen) atoms. The van der Waals surface area contributed by atoms with E-state index < -0.39 is 8.32 Å². The maximum absolute atomic E-state index is 9.25. The van der Waals surface area contributed by atoms with Crippen LogP contribution in [0.2, 0.25) is 18.1 Å². The number of hydrogen-bond donors (Lipinski definition) is 1. The summed E-state index contributed by atoms with van der Waals surface area (Å²) in [6, 6.07) is 8.20. The van der Waals surface area contributed by atoms with Gasteiger partial charge in [-0.05, 0) is 61.7 Å². The molecule has 3 aromatic rings. The normalized spacial score (nSPS) is 17.9. The van der Waals surface area contributed by atoms with Crippen molar-refractivity contribution in [2.24, 2.45) is 0 Å². The summed E-state index contributed by atoms with van der Waals surface area (Å²) >= 11 is 0. The van der Waals surface area contributed by atoms with Crippen LogP contribution in [-0.2, 0) is 11.3 Å². The molecule has 1 aliphatic heterocycles. The molecule has 0 spiro atoms. The van der Waals surface area contributed by atoms with Crippen molar-refractivity contribution in [1.82, 2.24) is 19.6 Å². The first kappa shape index (κ1) is 22.0. The number of aliphatic hydroxyl groups excluding tert-OH is 1. The number of fused-ring (bicyclic) bond motifs is 1. The highest BCUT2D eigenvalue weighted by Crippen LogP contribution is 2.39. The summed E-state index contributed by atoms with van der Waals surface area (Å²) in [5, 5.41) is 20.0. The van der Waals surface area contributed by atoms with Crippen LogP contribution in [-0.4, -0.2) is 46.2 Å². The Morgan fingerprint density at radius 1 is 1.19 bits per heavy atom. The van der Waals surface area contributed by atoms with Crippen molar-refractivity contribution in [2.75, 3.05) is 13.2 Å². The fourth-order valence-electron chi connectivity index (χ4n) is 3.67. The summed E-state index contributed by atoms with van der Waals surface area (Å²) in [4.78, 5) is 0. The summed E-state index contributed by atoms with van der Waals surface area (Å²) < 4.78 is 16.4. The van der Waals surface area contributed by atoms with Gasteiger partial charge < -0.3 is 14.3 Å². The summed E-state index contributed by atoms with van der Waals surface area (Å²) in [7, 11) is -1.96. The van der Waals surface area contributed by atoms with Crippen molar-refractivity contribution < 1.29 is 14.3 Å². The number of hydrogen-bond acceptors (Lipinski definition) is 5. The van der Waals surface area contributed by atoms with Crippen molar-refractivity contribution in [1.29, 1.82) is 0 Å². The predicted octanol–water partition coefficient (Wildman–Crippen LogP) is 4.98. The van der Waals surface area contributed by atoms with E-state index in [4.69, 9.17) is 14.3 Å². The van der Waals surface area contributed by atoms with Crippen LogP contribution in [0.5, 0.6) is 5.75 Å².